The quantitative estimate of drug-likeness (QED) is 0.0160. The molecule has 0 unspecified atom stereocenters. The summed E-state index contributed by atoms with van der Waals surface area (Å²) in [6.45, 7) is 15.5. The Morgan fingerprint density at radius 1 is 0.427 bits per heavy atom. The van der Waals surface area contributed by atoms with E-state index in [1.807, 2.05) is 0 Å². The van der Waals surface area contributed by atoms with E-state index in [9.17, 15) is 30.7 Å². The summed E-state index contributed by atoms with van der Waals surface area (Å²) >= 11 is 0. The smallest absolute Gasteiger partial charge is 0.658 e. The van der Waals surface area contributed by atoms with Crippen molar-refractivity contribution in [2.24, 2.45) is 35.5 Å². The van der Waals surface area contributed by atoms with E-state index < -0.39 is 56.5 Å². The fourth-order valence-electron chi connectivity index (χ4n) is 15.8. The molecule has 0 aliphatic heterocycles. The zero-order valence-electron chi connectivity index (χ0n) is 56.8. The predicted octanol–water partition coefficient (Wildman–Crippen LogP) is 17.4. The predicted molar refractivity (Wildman–Crippen MR) is 367 cm³/mol. The van der Waals surface area contributed by atoms with Gasteiger partial charge in [0, 0.05) is 24.3 Å². The average Bonchev–Trinajstić information content (AvgIpc) is 0.768. The van der Waals surface area contributed by atoms with Crippen molar-refractivity contribution in [2.45, 2.75) is 170 Å². The summed E-state index contributed by atoms with van der Waals surface area (Å²) in [5, 5.41) is 6.70. The van der Waals surface area contributed by atoms with Gasteiger partial charge in [-0.15, -0.1) is 0 Å². The Balaban J connectivity index is 0.000000165. The van der Waals surface area contributed by atoms with Gasteiger partial charge in [0.25, 0.3) is 11.8 Å². The van der Waals surface area contributed by atoms with Gasteiger partial charge in [0.2, 0.25) is 0 Å². The molecule has 18 heteroatoms. The molecule has 14 rings (SSSR count). The van der Waals surface area contributed by atoms with E-state index >= 15 is 0 Å². The van der Waals surface area contributed by atoms with Gasteiger partial charge in [-0.25, -0.2) is 17.6 Å². The van der Waals surface area contributed by atoms with Gasteiger partial charge in [0.1, 0.15) is 51.1 Å². The molecule has 514 valence electrons. The summed E-state index contributed by atoms with van der Waals surface area (Å²) in [5.41, 5.74) is 3.91. The first-order chi connectivity index (χ1) is 45.6. The molecule has 0 spiro atoms. The third kappa shape index (κ3) is 22.3. The molecular weight excluding hydrogens is 1280 g/mol. The fourth-order valence-corrected chi connectivity index (χ4v) is 20.3. The number of hydrogen-bond donors (Lipinski definition) is 0. The molecule has 6 aromatic carbocycles. The van der Waals surface area contributed by atoms with Crippen LogP contribution < -0.4 is 39.0 Å². The van der Waals surface area contributed by atoms with Crippen molar-refractivity contribution in [3.8, 4) is 11.5 Å². The van der Waals surface area contributed by atoms with E-state index in [1.165, 1.54) is 80.4 Å². The third-order valence-corrected chi connectivity index (χ3v) is 23.1. The van der Waals surface area contributed by atoms with E-state index in [1.54, 1.807) is 6.92 Å². The van der Waals surface area contributed by atoms with Crippen LogP contribution in [0.3, 0.4) is 0 Å². The molecule has 8 aliphatic rings. The van der Waals surface area contributed by atoms with Crippen LogP contribution >= 0.6 is 0 Å². The van der Waals surface area contributed by atoms with Gasteiger partial charge in [-0.1, -0.05) is 113 Å². The number of nitrogens with zero attached hydrogens (tertiary/aromatic N) is 2. The van der Waals surface area contributed by atoms with Gasteiger partial charge in [0.15, 0.2) is 29.4 Å². The first-order valence-corrected chi connectivity index (χ1v) is 36.0. The van der Waals surface area contributed by atoms with E-state index in [-0.39, 0.29) is 56.9 Å². The van der Waals surface area contributed by atoms with Crippen LogP contribution in [0.5, 0.6) is 11.5 Å². The molecule has 8 bridgehead atoms. The molecule has 0 radical (unpaired) electrons. The molecule has 96 heavy (non-hydrogen) atoms. The molecule has 0 atom stereocenters. The molecule has 8 nitrogen and oxygen atoms in total. The molecule has 0 saturated heterocycles. The second-order valence-corrected chi connectivity index (χ2v) is 30.8. The van der Waals surface area contributed by atoms with Crippen molar-refractivity contribution in [3.05, 3.63) is 204 Å². The first kappa shape index (κ1) is 76.8. The number of aryl methyl sites for hydroxylation is 4. The van der Waals surface area contributed by atoms with Gasteiger partial charge < -0.3 is 39.1 Å². The number of alkyl halides is 7. The minimum Gasteiger partial charge on any atom is -0.658 e. The zero-order chi connectivity index (χ0) is 67.6. The van der Waals surface area contributed by atoms with Crippen LogP contribution in [-0.2, 0) is 40.7 Å². The number of benzene rings is 6. The standard InChI is InChI=1S/2C24H25O2S.C15H21F5NO.C15H24F2NO.Na/c2*1-4-25-15-16-26-24-19(2)17-23(18-20(24)3)27(21-11-7-5-8-12-21)22-13-9-6-10-14-22;16-14(17,7-21-8-15(18,19)20)9-22-13-4-10-1-11(5-13)3-12(2-10)6-13;1-2-18-9-15(16,17)10-19-14-6-11-3-12(7-14)5-13(4-11)8-14;/h2*4-14,17-18H,1,15-16H2,2-3H3;10-12H,1-9H2;11-13H,2-10H2,1H3;/q2*+1;2*-1;+1. The maximum Gasteiger partial charge on any atom is 1.00 e. The van der Waals surface area contributed by atoms with E-state index in [2.05, 4.69) is 197 Å². The Labute approximate surface area is 593 Å². The summed E-state index contributed by atoms with van der Waals surface area (Å²) in [6.07, 6.45) is 11.3. The molecule has 8 saturated carbocycles. The Morgan fingerprint density at radius 2 is 0.708 bits per heavy atom. The fraction of sp³-hybridized carbons (Fsp3) is 0.487. The summed E-state index contributed by atoms with van der Waals surface area (Å²) < 4.78 is 124. The average molecular weight is 1380 g/mol. The third-order valence-electron chi connectivity index (χ3n) is 18.7. The second kappa shape index (κ2) is 35.9. The van der Waals surface area contributed by atoms with Gasteiger partial charge in [0.05, 0.1) is 45.5 Å². The molecule has 0 aromatic heterocycles. The number of halogens is 7. The molecular formula is C78H95F7N2NaO6S2+. The van der Waals surface area contributed by atoms with Crippen molar-refractivity contribution < 1.29 is 88.7 Å². The van der Waals surface area contributed by atoms with Crippen LogP contribution in [0.25, 0.3) is 10.6 Å². The Hall–Kier alpha value is -4.95. The van der Waals surface area contributed by atoms with E-state index in [4.69, 9.17) is 28.4 Å². The van der Waals surface area contributed by atoms with Crippen molar-refractivity contribution in [3.63, 3.8) is 0 Å². The normalized spacial score (nSPS) is 22.7. The van der Waals surface area contributed by atoms with Crippen LogP contribution in [0.4, 0.5) is 30.7 Å². The van der Waals surface area contributed by atoms with Gasteiger partial charge in [-0.05, 0) is 211 Å². The van der Waals surface area contributed by atoms with Crippen LogP contribution in [0.15, 0.2) is 201 Å². The van der Waals surface area contributed by atoms with Crippen molar-refractivity contribution in [1.29, 1.82) is 0 Å². The van der Waals surface area contributed by atoms with Gasteiger partial charge in [-0.3, -0.25) is 0 Å². The SMILES string of the molecule is C=COCCOc1c(C)cc([S+](c2ccccc2)c2ccccc2)cc1C.C=COCCOc1c(C)cc([S+](c2ccccc2)c2ccccc2)cc1C.CC[N-]CC(F)(F)COC12CC3CC(CC(C3)C1)C2.FC(F)(F)C[N-]CC(F)(F)COC12CC3CC(CC(C3)C1)C2.[Na+]. The van der Waals surface area contributed by atoms with Gasteiger partial charge in [-0.2, -0.15) is 19.7 Å². The number of rotatable bonds is 28. The van der Waals surface area contributed by atoms with Crippen LogP contribution in [-0.4, -0.2) is 95.0 Å². The number of ether oxygens (including phenoxy) is 6. The van der Waals surface area contributed by atoms with E-state index in [0.717, 1.165) is 90.0 Å². The van der Waals surface area contributed by atoms with Gasteiger partial charge >= 0.3 is 35.7 Å². The number of hydrogen-bond acceptors (Lipinski definition) is 6. The minimum absolute atomic E-state index is 0. The first-order valence-electron chi connectivity index (χ1n) is 33.5. The summed E-state index contributed by atoms with van der Waals surface area (Å²) in [4.78, 5) is 7.87. The zero-order valence-corrected chi connectivity index (χ0v) is 60.4. The Morgan fingerprint density at radius 3 is 0.969 bits per heavy atom. The van der Waals surface area contributed by atoms with Crippen LogP contribution in [0.1, 0.15) is 106 Å². The second-order valence-electron chi connectivity index (χ2n) is 26.8. The maximum absolute atomic E-state index is 13.7. The summed E-state index contributed by atoms with van der Waals surface area (Å²) in [6, 6.07) is 51.8. The van der Waals surface area contributed by atoms with Crippen molar-refractivity contribution in [2.75, 3.05) is 65.8 Å². The van der Waals surface area contributed by atoms with Crippen LogP contribution in [0, 0.1) is 63.2 Å². The topological polar surface area (TPSA) is 83.6 Å². The molecule has 8 fully saturated rings. The van der Waals surface area contributed by atoms with E-state index in [0.29, 0.717) is 50.7 Å². The maximum atomic E-state index is 13.7. The molecule has 0 heterocycles. The largest absolute Gasteiger partial charge is 1.00 e. The minimum atomic E-state index is -4.53. The monoisotopic (exact) mass is 1380 g/mol. The van der Waals surface area contributed by atoms with Crippen molar-refractivity contribution in [1.82, 2.24) is 0 Å². The van der Waals surface area contributed by atoms with Crippen LogP contribution in [0.2, 0.25) is 0 Å². The molecule has 0 amide bonds. The van der Waals surface area contributed by atoms with Crippen molar-refractivity contribution >= 4 is 21.8 Å². The Bertz CT molecular complexity index is 3010. The molecule has 8 aliphatic carbocycles. The Kier molecular flexibility index (Phi) is 28.7. The summed E-state index contributed by atoms with van der Waals surface area (Å²) in [5.74, 6) is -0.291. The molecule has 0 N–H and O–H groups in total. The summed E-state index contributed by atoms with van der Waals surface area (Å²) in [7, 11) is -0.291. The molecule has 6 aromatic rings.